The van der Waals surface area contributed by atoms with E-state index in [4.69, 9.17) is 9.26 Å². The summed E-state index contributed by atoms with van der Waals surface area (Å²) in [6, 6.07) is 0.314. The zero-order chi connectivity index (χ0) is 13.8. The summed E-state index contributed by atoms with van der Waals surface area (Å²) in [5, 5.41) is 7.41. The number of rotatable bonds is 6. The third-order valence-corrected chi connectivity index (χ3v) is 3.08. The van der Waals surface area contributed by atoms with Gasteiger partial charge in [0.2, 0.25) is 5.89 Å². The van der Waals surface area contributed by atoms with Gasteiger partial charge in [-0.2, -0.15) is 4.98 Å². The number of aromatic nitrogens is 2. The minimum atomic E-state index is -0.130. The molecule has 1 heterocycles. The lowest BCUT2D eigenvalue weighted by atomic mass is 9.84. The van der Waals surface area contributed by atoms with E-state index in [0.717, 1.165) is 13.0 Å². The molecule has 2 atom stereocenters. The Bertz CT molecular complexity index is 357. The zero-order valence-corrected chi connectivity index (χ0v) is 12.3. The van der Waals surface area contributed by atoms with E-state index in [1.54, 1.807) is 7.11 Å². The van der Waals surface area contributed by atoms with Crippen molar-refractivity contribution >= 4 is 0 Å². The summed E-state index contributed by atoms with van der Waals surface area (Å²) in [7, 11) is 1.64. The van der Waals surface area contributed by atoms with E-state index < -0.39 is 0 Å². The molecule has 2 unspecified atom stereocenters. The molecular formula is C13H25N3O2. The number of nitrogens with zero attached hydrogens (tertiary/aromatic N) is 2. The molecule has 0 aromatic carbocycles. The van der Waals surface area contributed by atoms with E-state index in [1.165, 1.54) is 0 Å². The fourth-order valence-corrected chi connectivity index (χ4v) is 1.73. The van der Waals surface area contributed by atoms with Gasteiger partial charge in [-0.25, -0.2) is 0 Å². The second-order valence-electron chi connectivity index (χ2n) is 5.60. The number of nitrogens with one attached hydrogen (secondary N) is 1. The number of ether oxygens (including phenoxy) is 1. The molecule has 0 aliphatic rings. The summed E-state index contributed by atoms with van der Waals surface area (Å²) in [5.74, 6) is 1.27. The van der Waals surface area contributed by atoms with Crippen LogP contribution in [0.15, 0.2) is 4.52 Å². The van der Waals surface area contributed by atoms with E-state index in [-0.39, 0.29) is 11.5 Å². The van der Waals surface area contributed by atoms with Gasteiger partial charge in [-0.15, -0.1) is 0 Å². The van der Waals surface area contributed by atoms with Gasteiger partial charge in [0.25, 0.3) is 0 Å². The molecule has 0 aliphatic carbocycles. The van der Waals surface area contributed by atoms with Gasteiger partial charge >= 0.3 is 0 Å². The van der Waals surface area contributed by atoms with Gasteiger partial charge in [-0.1, -0.05) is 32.9 Å². The Hall–Kier alpha value is -0.940. The van der Waals surface area contributed by atoms with Crippen molar-refractivity contribution in [3.63, 3.8) is 0 Å². The van der Waals surface area contributed by atoms with Crippen molar-refractivity contribution in [2.75, 3.05) is 13.7 Å². The summed E-state index contributed by atoms with van der Waals surface area (Å²) in [4.78, 5) is 4.37. The Labute approximate surface area is 109 Å². The molecule has 5 nitrogen and oxygen atoms in total. The van der Waals surface area contributed by atoms with Gasteiger partial charge in [-0.05, 0) is 18.9 Å². The van der Waals surface area contributed by atoms with Crippen LogP contribution in [0.25, 0.3) is 0 Å². The predicted molar refractivity (Wildman–Crippen MR) is 70.3 cm³/mol. The second kappa shape index (κ2) is 6.29. The minimum Gasteiger partial charge on any atom is -0.374 e. The first-order valence-corrected chi connectivity index (χ1v) is 6.47. The van der Waals surface area contributed by atoms with Gasteiger partial charge in [-0.3, -0.25) is 0 Å². The first-order chi connectivity index (χ1) is 8.38. The molecule has 1 aromatic heterocycles. The van der Waals surface area contributed by atoms with Crippen LogP contribution in [0.4, 0.5) is 0 Å². The summed E-state index contributed by atoms with van der Waals surface area (Å²) in [5.41, 5.74) is 0.150. The Morgan fingerprint density at radius 2 is 2.06 bits per heavy atom. The molecule has 0 radical (unpaired) electrons. The summed E-state index contributed by atoms with van der Waals surface area (Å²) >= 11 is 0. The van der Waals surface area contributed by atoms with Crippen LogP contribution in [-0.4, -0.2) is 29.8 Å². The van der Waals surface area contributed by atoms with Crippen molar-refractivity contribution in [3.05, 3.63) is 11.7 Å². The van der Waals surface area contributed by atoms with Gasteiger partial charge in [0.1, 0.15) is 6.10 Å². The molecule has 0 saturated heterocycles. The van der Waals surface area contributed by atoms with Crippen LogP contribution in [0.3, 0.4) is 0 Å². The molecule has 0 spiro atoms. The first kappa shape index (κ1) is 15.1. The lowest BCUT2D eigenvalue weighted by Crippen LogP contribution is -2.41. The molecular weight excluding hydrogens is 230 g/mol. The van der Waals surface area contributed by atoms with Crippen molar-refractivity contribution < 1.29 is 9.26 Å². The number of methoxy groups -OCH3 is 1. The van der Waals surface area contributed by atoms with E-state index >= 15 is 0 Å². The van der Waals surface area contributed by atoms with Gasteiger partial charge in [0.05, 0.1) is 0 Å². The molecule has 104 valence electrons. The van der Waals surface area contributed by atoms with Crippen molar-refractivity contribution in [2.24, 2.45) is 5.41 Å². The topological polar surface area (TPSA) is 60.2 Å². The highest BCUT2D eigenvalue weighted by molar-refractivity contribution is 4.94. The lowest BCUT2D eigenvalue weighted by molar-refractivity contribution is 0.109. The fourth-order valence-electron chi connectivity index (χ4n) is 1.73. The molecule has 0 bridgehead atoms. The minimum absolute atomic E-state index is 0.130. The Morgan fingerprint density at radius 3 is 2.56 bits per heavy atom. The van der Waals surface area contributed by atoms with Gasteiger partial charge < -0.3 is 14.6 Å². The number of hydrogen-bond acceptors (Lipinski definition) is 5. The quantitative estimate of drug-likeness (QED) is 0.845. The largest absolute Gasteiger partial charge is 0.374 e. The Balaban J connectivity index is 2.72. The highest BCUT2D eigenvalue weighted by Crippen LogP contribution is 2.22. The average molecular weight is 255 g/mol. The number of likely N-dealkylation sites (N-methyl/N-ethyl adjacent to an activating group) is 1. The summed E-state index contributed by atoms with van der Waals surface area (Å²) < 4.78 is 10.4. The maximum absolute atomic E-state index is 5.28. The predicted octanol–water partition coefficient (Wildman–Crippen LogP) is 2.34. The Morgan fingerprint density at radius 1 is 1.39 bits per heavy atom. The zero-order valence-electron chi connectivity index (χ0n) is 12.3. The molecule has 0 amide bonds. The van der Waals surface area contributed by atoms with Crippen LogP contribution in [0.1, 0.15) is 52.4 Å². The van der Waals surface area contributed by atoms with Crippen LogP contribution in [0, 0.1) is 5.41 Å². The van der Waals surface area contributed by atoms with Crippen molar-refractivity contribution in [1.82, 2.24) is 15.5 Å². The van der Waals surface area contributed by atoms with E-state index in [2.05, 4.69) is 43.2 Å². The third kappa shape index (κ3) is 4.07. The van der Waals surface area contributed by atoms with Crippen LogP contribution < -0.4 is 5.32 Å². The van der Waals surface area contributed by atoms with Crippen LogP contribution in [0.2, 0.25) is 0 Å². The normalized spacial score (nSPS) is 15.7. The van der Waals surface area contributed by atoms with Crippen molar-refractivity contribution in [3.8, 4) is 0 Å². The van der Waals surface area contributed by atoms with Crippen molar-refractivity contribution in [2.45, 2.75) is 53.2 Å². The van der Waals surface area contributed by atoms with Crippen LogP contribution in [0.5, 0.6) is 0 Å². The summed E-state index contributed by atoms with van der Waals surface area (Å²) in [6.45, 7) is 11.5. The molecule has 18 heavy (non-hydrogen) atoms. The molecule has 1 rings (SSSR count). The standard InChI is InChI=1S/C13H25N3O2/c1-7-14-10(13(3,4)5)8-11-15-12(16-18-11)9(2)17-6/h9-10,14H,7-8H2,1-6H3. The highest BCUT2D eigenvalue weighted by Gasteiger charge is 2.26. The molecule has 1 N–H and O–H groups in total. The molecule has 1 aromatic rings. The maximum atomic E-state index is 5.28. The molecule has 0 saturated carbocycles. The number of hydrogen-bond donors (Lipinski definition) is 1. The van der Waals surface area contributed by atoms with Crippen LogP contribution in [-0.2, 0) is 11.2 Å². The second-order valence-corrected chi connectivity index (χ2v) is 5.60. The average Bonchev–Trinajstić information content (AvgIpc) is 2.75. The van der Waals surface area contributed by atoms with E-state index in [9.17, 15) is 0 Å². The maximum Gasteiger partial charge on any atom is 0.228 e. The van der Waals surface area contributed by atoms with E-state index in [1.807, 2.05) is 6.92 Å². The third-order valence-electron chi connectivity index (χ3n) is 3.08. The van der Waals surface area contributed by atoms with Crippen molar-refractivity contribution in [1.29, 1.82) is 0 Å². The fraction of sp³-hybridized carbons (Fsp3) is 0.846. The SMILES string of the molecule is CCNC(Cc1nc(C(C)OC)no1)C(C)(C)C. The molecule has 0 fully saturated rings. The van der Waals surface area contributed by atoms with Gasteiger partial charge in [0.15, 0.2) is 5.82 Å². The smallest absolute Gasteiger partial charge is 0.228 e. The first-order valence-electron chi connectivity index (χ1n) is 6.47. The highest BCUT2D eigenvalue weighted by atomic mass is 16.5. The monoisotopic (exact) mass is 255 g/mol. The lowest BCUT2D eigenvalue weighted by Gasteiger charge is -2.30. The molecule has 5 heteroatoms. The van der Waals surface area contributed by atoms with Gasteiger partial charge in [0, 0.05) is 19.6 Å². The van der Waals surface area contributed by atoms with Crippen LogP contribution >= 0.6 is 0 Å². The Kier molecular flexibility index (Phi) is 5.28. The summed E-state index contributed by atoms with van der Waals surface area (Å²) in [6.07, 6.45) is 0.607. The van der Waals surface area contributed by atoms with E-state index in [0.29, 0.717) is 17.8 Å². The molecule has 0 aliphatic heterocycles.